The molecule has 0 unspecified atom stereocenters. The molecule has 1 aromatic heterocycles. The van der Waals surface area contributed by atoms with Gasteiger partial charge in [0.2, 0.25) is 0 Å². The summed E-state index contributed by atoms with van der Waals surface area (Å²) in [5.74, 6) is 1.10. The molecule has 8 heteroatoms. The summed E-state index contributed by atoms with van der Waals surface area (Å²) in [7, 11) is 0. The van der Waals surface area contributed by atoms with Crippen molar-refractivity contribution >= 4 is 51.6 Å². The summed E-state index contributed by atoms with van der Waals surface area (Å²) in [5.41, 5.74) is 4.89. The van der Waals surface area contributed by atoms with Crippen LogP contribution in [0.15, 0.2) is 60.7 Å². The first-order valence-electron chi connectivity index (χ1n) is 10.5. The van der Waals surface area contributed by atoms with Crippen LogP contribution in [0.4, 0.5) is 5.69 Å². The van der Waals surface area contributed by atoms with Crippen molar-refractivity contribution in [3.8, 4) is 17.1 Å². The second-order valence-electron chi connectivity index (χ2n) is 7.57. The van der Waals surface area contributed by atoms with Crippen LogP contribution in [0.2, 0.25) is 5.02 Å². The molecule has 33 heavy (non-hydrogen) atoms. The first kappa shape index (κ1) is 22.8. The number of anilines is 1. The van der Waals surface area contributed by atoms with Crippen LogP contribution in [0.5, 0.6) is 5.75 Å². The van der Waals surface area contributed by atoms with Crippen molar-refractivity contribution in [3.63, 3.8) is 0 Å². The lowest BCUT2D eigenvalue weighted by Gasteiger charge is -2.11. The van der Waals surface area contributed by atoms with Gasteiger partial charge in [-0.3, -0.25) is 10.1 Å². The Morgan fingerprint density at radius 1 is 1.15 bits per heavy atom. The Morgan fingerprint density at radius 3 is 2.70 bits per heavy atom. The predicted molar refractivity (Wildman–Crippen MR) is 137 cm³/mol. The Hall–Kier alpha value is -3.42. The maximum Gasteiger partial charge on any atom is 0.257 e. The Bertz CT molecular complexity index is 1280. The molecule has 4 rings (SSSR count). The maximum atomic E-state index is 12.5. The number of aryl methyl sites for hydroxylation is 1. The van der Waals surface area contributed by atoms with Gasteiger partial charge in [0.25, 0.3) is 5.91 Å². The van der Waals surface area contributed by atoms with Crippen molar-refractivity contribution < 1.29 is 9.53 Å². The molecule has 0 saturated carbocycles. The highest BCUT2D eigenvalue weighted by atomic mass is 35.5. The number of carbonyl (C=O) groups is 1. The van der Waals surface area contributed by atoms with E-state index in [9.17, 15) is 4.79 Å². The van der Waals surface area contributed by atoms with E-state index in [0.717, 1.165) is 40.1 Å². The summed E-state index contributed by atoms with van der Waals surface area (Å²) in [6.07, 6.45) is 0.896. The van der Waals surface area contributed by atoms with Gasteiger partial charge in [-0.05, 0) is 85.7 Å². The molecule has 0 spiro atoms. The van der Waals surface area contributed by atoms with Crippen LogP contribution in [-0.4, -0.2) is 27.6 Å². The van der Waals surface area contributed by atoms with Crippen LogP contribution >= 0.6 is 23.8 Å². The topological polar surface area (TPSA) is 79.0 Å². The van der Waals surface area contributed by atoms with Crippen LogP contribution in [0.25, 0.3) is 22.4 Å². The number of nitrogens with zero attached hydrogens (tertiary/aromatic N) is 1. The zero-order valence-corrected chi connectivity index (χ0v) is 19.8. The Morgan fingerprint density at radius 2 is 1.94 bits per heavy atom. The molecular formula is C25H23ClN4O2S. The molecule has 4 aromatic rings. The monoisotopic (exact) mass is 478 g/mol. The van der Waals surface area contributed by atoms with Gasteiger partial charge in [-0.1, -0.05) is 24.6 Å². The molecule has 0 radical (unpaired) electrons. The second-order valence-corrected chi connectivity index (χ2v) is 8.38. The van der Waals surface area contributed by atoms with Crippen molar-refractivity contribution in [3.05, 3.63) is 76.8 Å². The quantitative estimate of drug-likeness (QED) is 0.291. The number of benzene rings is 3. The summed E-state index contributed by atoms with van der Waals surface area (Å²) in [5, 5.41) is 6.63. The molecule has 0 bridgehead atoms. The largest absolute Gasteiger partial charge is 0.494 e. The number of thiocarbonyl (C=S) groups is 1. The van der Waals surface area contributed by atoms with Gasteiger partial charge in [-0.25, -0.2) is 4.98 Å². The third kappa shape index (κ3) is 5.50. The number of hydrogen-bond acceptors (Lipinski definition) is 4. The molecule has 168 valence electrons. The van der Waals surface area contributed by atoms with E-state index in [-0.39, 0.29) is 11.0 Å². The van der Waals surface area contributed by atoms with Crippen molar-refractivity contribution in [1.29, 1.82) is 0 Å². The minimum atomic E-state index is -0.303. The third-order valence-electron chi connectivity index (χ3n) is 4.97. The number of rotatable bonds is 6. The van der Waals surface area contributed by atoms with E-state index < -0.39 is 0 Å². The van der Waals surface area contributed by atoms with Crippen LogP contribution in [0, 0.1) is 6.92 Å². The number of hydrogen-bond donors (Lipinski definition) is 3. The first-order chi connectivity index (χ1) is 15.9. The van der Waals surface area contributed by atoms with Crippen molar-refractivity contribution in [2.75, 3.05) is 11.9 Å². The highest BCUT2D eigenvalue weighted by molar-refractivity contribution is 7.80. The number of fused-ring (bicyclic) bond motifs is 1. The number of imidazole rings is 1. The molecule has 3 N–H and O–H groups in total. The molecule has 1 amide bonds. The van der Waals surface area contributed by atoms with Gasteiger partial charge in [0, 0.05) is 21.8 Å². The fourth-order valence-corrected chi connectivity index (χ4v) is 3.64. The lowest BCUT2D eigenvalue weighted by molar-refractivity contribution is 0.0977. The van der Waals surface area contributed by atoms with Crippen LogP contribution in [-0.2, 0) is 0 Å². The molecule has 0 fully saturated rings. The fourth-order valence-electron chi connectivity index (χ4n) is 3.27. The number of halogens is 1. The average molecular weight is 479 g/mol. The van der Waals surface area contributed by atoms with Crippen molar-refractivity contribution in [2.45, 2.75) is 20.3 Å². The number of nitrogens with one attached hydrogen (secondary N) is 3. The number of carbonyl (C=O) groups excluding carboxylic acids is 1. The van der Waals surface area contributed by atoms with Crippen LogP contribution in [0.3, 0.4) is 0 Å². The number of aromatic amines is 1. The lowest BCUT2D eigenvalue weighted by Crippen LogP contribution is -2.34. The Balaban J connectivity index is 1.40. The van der Waals surface area contributed by atoms with Gasteiger partial charge in [-0.15, -0.1) is 0 Å². The molecule has 0 aliphatic carbocycles. The van der Waals surface area contributed by atoms with Crippen molar-refractivity contribution in [1.82, 2.24) is 15.3 Å². The summed E-state index contributed by atoms with van der Waals surface area (Å²) in [6.45, 7) is 4.59. The van der Waals surface area contributed by atoms with Crippen LogP contribution in [0.1, 0.15) is 29.3 Å². The fraction of sp³-hybridized carbons (Fsp3) is 0.160. The van der Waals surface area contributed by atoms with Gasteiger partial charge >= 0.3 is 0 Å². The SMILES string of the molecule is CCCOc1cccc(C(=O)NC(=S)Nc2ccc(-c3nc4cc(Cl)c(C)cc4[nH]3)cc2)c1. The Kier molecular flexibility index (Phi) is 6.91. The minimum Gasteiger partial charge on any atom is -0.494 e. The predicted octanol–water partition coefficient (Wildman–Crippen LogP) is 6.11. The zero-order chi connectivity index (χ0) is 23.4. The highest BCUT2D eigenvalue weighted by Crippen LogP contribution is 2.26. The zero-order valence-electron chi connectivity index (χ0n) is 18.2. The van der Waals surface area contributed by atoms with E-state index in [4.69, 9.17) is 28.6 Å². The van der Waals surface area contributed by atoms with Gasteiger partial charge < -0.3 is 15.0 Å². The molecular weight excluding hydrogens is 456 g/mol. The summed E-state index contributed by atoms with van der Waals surface area (Å²) in [6, 6.07) is 18.5. The molecule has 0 saturated heterocycles. The maximum absolute atomic E-state index is 12.5. The number of ether oxygens (including phenoxy) is 1. The Labute approximate surface area is 202 Å². The molecule has 6 nitrogen and oxygen atoms in total. The molecule has 1 heterocycles. The number of amides is 1. The van der Waals surface area contributed by atoms with Crippen LogP contribution < -0.4 is 15.4 Å². The minimum absolute atomic E-state index is 0.210. The first-order valence-corrected chi connectivity index (χ1v) is 11.3. The van der Waals surface area contributed by atoms with Gasteiger partial charge in [0.1, 0.15) is 11.6 Å². The molecule has 3 aromatic carbocycles. The van der Waals surface area contributed by atoms with E-state index in [2.05, 4.69) is 20.6 Å². The summed E-state index contributed by atoms with van der Waals surface area (Å²) in [4.78, 5) is 20.5. The smallest absolute Gasteiger partial charge is 0.257 e. The third-order valence-corrected chi connectivity index (χ3v) is 5.59. The van der Waals surface area contributed by atoms with Crippen molar-refractivity contribution in [2.24, 2.45) is 0 Å². The molecule has 0 aliphatic rings. The highest BCUT2D eigenvalue weighted by Gasteiger charge is 2.11. The normalized spacial score (nSPS) is 10.8. The standard InChI is InChI=1S/C25H23ClN4O2S/c1-3-11-32-19-6-4-5-17(13-19)24(31)30-25(33)27-18-9-7-16(8-10-18)23-28-21-12-15(2)20(26)14-22(21)29-23/h4-10,12-14H,3,11H2,1-2H3,(H,28,29)(H2,27,30,31,33). The lowest BCUT2D eigenvalue weighted by atomic mass is 10.2. The van der Waals surface area contributed by atoms with E-state index in [1.807, 2.05) is 56.3 Å². The molecule has 0 aliphatic heterocycles. The number of aromatic nitrogens is 2. The number of H-pyrrole nitrogens is 1. The second kappa shape index (κ2) is 10.0. The van der Waals surface area contributed by atoms with Gasteiger partial charge in [0.15, 0.2) is 5.11 Å². The van der Waals surface area contributed by atoms with E-state index in [1.165, 1.54) is 0 Å². The molecule has 0 atom stereocenters. The van der Waals surface area contributed by atoms with E-state index >= 15 is 0 Å². The van der Waals surface area contributed by atoms with E-state index in [1.54, 1.807) is 18.2 Å². The summed E-state index contributed by atoms with van der Waals surface area (Å²) >= 11 is 11.5. The van der Waals surface area contributed by atoms with Gasteiger partial charge in [0.05, 0.1) is 17.6 Å². The average Bonchev–Trinajstić information content (AvgIpc) is 3.21. The van der Waals surface area contributed by atoms with E-state index in [0.29, 0.717) is 22.9 Å². The van der Waals surface area contributed by atoms with Gasteiger partial charge in [-0.2, -0.15) is 0 Å². The summed E-state index contributed by atoms with van der Waals surface area (Å²) < 4.78 is 5.58.